The van der Waals surface area contributed by atoms with E-state index in [0.717, 1.165) is 11.1 Å². The van der Waals surface area contributed by atoms with Gasteiger partial charge in [-0.2, -0.15) is 0 Å². The standard InChI is InChI=1S/C24H27N3O7/c1-16(28)32-21-20(15-30-13-18-9-5-3-6-10-18)34-24(26-27-25)23(33-17(2)29)22(21)31-14-19-11-7-4-8-12-19/h3-12,20-24H,13-15H2,1-2H3/t20-,21-,22+,23-,24-/m1/s1. The fourth-order valence-corrected chi connectivity index (χ4v) is 3.65. The van der Waals surface area contributed by atoms with E-state index >= 15 is 0 Å². The lowest BCUT2D eigenvalue weighted by Crippen LogP contribution is -2.61. The molecule has 10 heteroatoms. The van der Waals surface area contributed by atoms with Crippen LogP contribution in [-0.2, 0) is 46.5 Å². The Bertz CT molecular complexity index is 983. The van der Waals surface area contributed by atoms with Gasteiger partial charge < -0.3 is 23.7 Å². The maximum absolute atomic E-state index is 11.9. The molecule has 0 N–H and O–H groups in total. The van der Waals surface area contributed by atoms with Crippen molar-refractivity contribution < 1.29 is 33.3 Å². The van der Waals surface area contributed by atoms with E-state index in [9.17, 15) is 9.59 Å². The van der Waals surface area contributed by atoms with Gasteiger partial charge in [-0.05, 0) is 16.7 Å². The molecule has 1 heterocycles. The SMILES string of the molecule is CC(=O)O[C@@H]1[C@@H](OCc2ccccc2)[C@H](OC(C)=O)[C@@H](COCc2ccccc2)O[C@H]1N=[N+]=[N-]. The number of azide groups is 1. The minimum atomic E-state index is -1.20. The van der Waals surface area contributed by atoms with Gasteiger partial charge in [-0.1, -0.05) is 65.8 Å². The Hall–Kier alpha value is -3.43. The highest BCUT2D eigenvalue weighted by molar-refractivity contribution is 5.67. The maximum atomic E-state index is 11.9. The summed E-state index contributed by atoms with van der Waals surface area (Å²) in [5.74, 6) is -1.20. The molecule has 2 aromatic carbocycles. The Balaban J connectivity index is 1.84. The number of esters is 2. The fourth-order valence-electron chi connectivity index (χ4n) is 3.65. The lowest BCUT2D eigenvalue weighted by atomic mass is 9.97. The number of rotatable bonds is 10. The van der Waals surface area contributed by atoms with Crippen molar-refractivity contribution in [2.75, 3.05) is 6.61 Å². The van der Waals surface area contributed by atoms with E-state index in [1.807, 2.05) is 60.7 Å². The molecule has 0 aromatic heterocycles. The van der Waals surface area contributed by atoms with Gasteiger partial charge in [-0.25, -0.2) is 0 Å². The third-order valence-electron chi connectivity index (χ3n) is 5.06. The summed E-state index contributed by atoms with van der Waals surface area (Å²) in [5.41, 5.74) is 10.9. The first-order valence-corrected chi connectivity index (χ1v) is 10.8. The summed E-state index contributed by atoms with van der Waals surface area (Å²) in [6.45, 7) is 2.93. The summed E-state index contributed by atoms with van der Waals surface area (Å²) in [5, 5.41) is 3.66. The van der Waals surface area contributed by atoms with E-state index in [1.165, 1.54) is 13.8 Å². The Labute approximate surface area is 197 Å². The highest BCUT2D eigenvalue weighted by atomic mass is 16.6. The molecule has 0 saturated carbocycles. The summed E-state index contributed by atoms with van der Waals surface area (Å²) in [6.07, 6.45) is -5.12. The van der Waals surface area contributed by atoms with Crippen molar-refractivity contribution in [3.05, 3.63) is 82.2 Å². The Morgan fingerprint density at radius 1 is 0.882 bits per heavy atom. The minimum absolute atomic E-state index is 0.0161. The van der Waals surface area contributed by atoms with Gasteiger partial charge in [0, 0.05) is 18.8 Å². The first kappa shape index (κ1) is 25.2. The molecule has 180 valence electrons. The molecule has 10 nitrogen and oxygen atoms in total. The van der Waals surface area contributed by atoms with E-state index < -0.39 is 42.6 Å². The average Bonchev–Trinajstić information content (AvgIpc) is 2.82. The van der Waals surface area contributed by atoms with E-state index in [2.05, 4.69) is 10.0 Å². The highest BCUT2D eigenvalue weighted by Crippen LogP contribution is 2.30. The van der Waals surface area contributed by atoms with Crippen LogP contribution in [0.15, 0.2) is 65.8 Å². The summed E-state index contributed by atoms with van der Waals surface area (Å²) in [4.78, 5) is 26.6. The van der Waals surface area contributed by atoms with Gasteiger partial charge in [0.25, 0.3) is 0 Å². The summed E-state index contributed by atoms with van der Waals surface area (Å²) in [6, 6.07) is 18.8. The molecule has 34 heavy (non-hydrogen) atoms. The summed E-state index contributed by atoms with van der Waals surface area (Å²) >= 11 is 0. The molecule has 0 aliphatic carbocycles. The van der Waals surface area contributed by atoms with Crippen LogP contribution >= 0.6 is 0 Å². The number of ether oxygens (including phenoxy) is 5. The van der Waals surface area contributed by atoms with Crippen LogP contribution in [0.3, 0.4) is 0 Å². The van der Waals surface area contributed by atoms with Crippen molar-refractivity contribution in [2.45, 2.75) is 57.7 Å². The van der Waals surface area contributed by atoms with Crippen LogP contribution in [0.2, 0.25) is 0 Å². The zero-order valence-corrected chi connectivity index (χ0v) is 19.0. The van der Waals surface area contributed by atoms with Gasteiger partial charge in [0.1, 0.15) is 12.2 Å². The van der Waals surface area contributed by atoms with Crippen molar-refractivity contribution in [2.24, 2.45) is 5.11 Å². The van der Waals surface area contributed by atoms with Gasteiger partial charge in [-0.15, -0.1) is 0 Å². The second-order valence-electron chi connectivity index (χ2n) is 7.68. The van der Waals surface area contributed by atoms with Gasteiger partial charge >= 0.3 is 11.9 Å². The third kappa shape index (κ3) is 7.29. The van der Waals surface area contributed by atoms with Crippen molar-refractivity contribution in [3.8, 4) is 0 Å². The molecule has 1 aliphatic rings. The molecule has 1 saturated heterocycles. The number of nitrogens with zero attached hydrogens (tertiary/aromatic N) is 3. The zero-order chi connectivity index (χ0) is 24.3. The molecule has 3 rings (SSSR count). The number of carbonyl (C=O) groups excluding carboxylic acids is 2. The minimum Gasteiger partial charge on any atom is -0.457 e. The molecule has 5 atom stereocenters. The number of benzene rings is 2. The van der Waals surface area contributed by atoms with Crippen molar-refractivity contribution in [1.82, 2.24) is 0 Å². The van der Waals surface area contributed by atoms with Crippen LogP contribution in [0.1, 0.15) is 25.0 Å². The molecule has 1 aliphatic heterocycles. The van der Waals surface area contributed by atoms with Gasteiger partial charge in [0.05, 0.1) is 19.8 Å². The monoisotopic (exact) mass is 469 g/mol. The quantitative estimate of drug-likeness (QED) is 0.225. The molecule has 1 fully saturated rings. The van der Waals surface area contributed by atoms with Gasteiger partial charge in [0.15, 0.2) is 18.4 Å². The van der Waals surface area contributed by atoms with Crippen LogP contribution < -0.4 is 0 Å². The van der Waals surface area contributed by atoms with E-state index in [4.69, 9.17) is 29.2 Å². The van der Waals surface area contributed by atoms with Crippen LogP contribution in [0.5, 0.6) is 0 Å². The second kappa shape index (κ2) is 12.7. The first-order valence-electron chi connectivity index (χ1n) is 10.8. The Morgan fingerprint density at radius 3 is 2.00 bits per heavy atom. The van der Waals surface area contributed by atoms with Crippen LogP contribution in [0.25, 0.3) is 10.4 Å². The van der Waals surface area contributed by atoms with Crippen LogP contribution in [0, 0.1) is 0 Å². The Morgan fingerprint density at radius 2 is 1.44 bits per heavy atom. The maximum Gasteiger partial charge on any atom is 0.303 e. The van der Waals surface area contributed by atoms with Crippen molar-refractivity contribution in [1.29, 1.82) is 0 Å². The third-order valence-corrected chi connectivity index (χ3v) is 5.06. The van der Waals surface area contributed by atoms with E-state index in [0.29, 0.717) is 6.61 Å². The number of hydrogen-bond donors (Lipinski definition) is 0. The average molecular weight is 469 g/mol. The predicted molar refractivity (Wildman–Crippen MR) is 120 cm³/mol. The van der Waals surface area contributed by atoms with E-state index in [-0.39, 0.29) is 13.2 Å². The molecule has 0 spiro atoms. The van der Waals surface area contributed by atoms with Crippen molar-refractivity contribution >= 4 is 11.9 Å². The highest BCUT2D eigenvalue weighted by Gasteiger charge is 2.50. The van der Waals surface area contributed by atoms with Crippen molar-refractivity contribution in [3.63, 3.8) is 0 Å². The summed E-state index contributed by atoms with van der Waals surface area (Å²) < 4.78 is 28.8. The topological polar surface area (TPSA) is 129 Å². The smallest absolute Gasteiger partial charge is 0.303 e. The molecule has 0 bridgehead atoms. The van der Waals surface area contributed by atoms with Gasteiger partial charge in [-0.3, -0.25) is 9.59 Å². The number of carbonyl (C=O) groups is 2. The number of hydrogen-bond acceptors (Lipinski definition) is 8. The molecular weight excluding hydrogens is 442 g/mol. The lowest BCUT2D eigenvalue weighted by Gasteiger charge is -2.43. The lowest BCUT2D eigenvalue weighted by molar-refractivity contribution is -0.258. The second-order valence-corrected chi connectivity index (χ2v) is 7.68. The largest absolute Gasteiger partial charge is 0.457 e. The Kier molecular flexibility index (Phi) is 9.42. The van der Waals surface area contributed by atoms with Crippen LogP contribution in [-0.4, -0.2) is 49.2 Å². The first-order chi connectivity index (χ1) is 16.5. The van der Waals surface area contributed by atoms with Gasteiger partial charge in [0.2, 0.25) is 0 Å². The van der Waals surface area contributed by atoms with E-state index in [1.54, 1.807) is 0 Å². The predicted octanol–water partition coefficient (Wildman–Crippen LogP) is 3.69. The molecule has 0 amide bonds. The molecule has 0 radical (unpaired) electrons. The molecule has 2 aromatic rings. The fraction of sp³-hybridized carbons (Fsp3) is 0.417. The normalized spacial score (nSPS) is 24.0. The van der Waals surface area contributed by atoms with Crippen LogP contribution in [0.4, 0.5) is 0 Å². The molecule has 0 unspecified atom stereocenters. The summed E-state index contributed by atoms with van der Waals surface area (Å²) in [7, 11) is 0. The zero-order valence-electron chi connectivity index (χ0n) is 19.0. The molecular formula is C24H27N3O7.